The van der Waals surface area contributed by atoms with Crippen LogP contribution in [0.2, 0.25) is 0 Å². The molecule has 2 atom stereocenters. The molecule has 0 radical (unpaired) electrons. The minimum absolute atomic E-state index is 0.00862. The molecule has 0 spiro atoms. The zero-order chi connectivity index (χ0) is 31.9. The number of azo groups is 1. The van der Waals surface area contributed by atoms with Crippen molar-refractivity contribution in [3.05, 3.63) is 59.2 Å². The van der Waals surface area contributed by atoms with E-state index in [-0.39, 0.29) is 18.3 Å². The van der Waals surface area contributed by atoms with E-state index < -0.39 is 11.3 Å². The number of hydrogen-bond donors (Lipinski definition) is 0. The number of aliphatic imine (C=N–C) groups is 1. The average molecular weight is 642 g/mol. The van der Waals surface area contributed by atoms with Crippen LogP contribution < -0.4 is 4.74 Å². The van der Waals surface area contributed by atoms with Crippen molar-refractivity contribution in [2.75, 3.05) is 19.7 Å². The fraction of sp³-hybridized carbons (Fsp3) is 0.471. The lowest BCUT2D eigenvalue weighted by Gasteiger charge is -2.33. The van der Waals surface area contributed by atoms with Crippen molar-refractivity contribution in [2.24, 2.45) is 15.2 Å². The maximum atomic E-state index is 12.5. The van der Waals surface area contributed by atoms with Crippen molar-refractivity contribution in [1.29, 1.82) is 0 Å². The Balaban J connectivity index is 1.21. The van der Waals surface area contributed by atoms with E-state index in [0.717, 1.165) is 75.8 Å². The van der Waals surface area contributed by atoms with E-state index in [0.29, 0.717) is 19.7 Å². The summed E-state index contributed by atoms with van der Waals surface area (Å²) in [5.74, 6) is 0.755. The summed E-state index contributed by atoms with van der Waals surface area (Å²) >= 11 is 1.58. The zero-order valence-corrected chi connectivity index (χ0v) is 27.5. The zero-order valence-electron chi connectivity index (χ0n) is 26.7. The van der Waals surface area contributed by atoms with Crippen LogP contribution in [-0.2, 0) is 15.1 Å². The van der Waals surface area contributed by atoms with Crippen LogP contribution in [0.1, 0.15) is 63.4 Å². The predicted octanol–water partition coefficient (Wildman–Crippen LogP) is 7.43. The minimum atomic E-state index is -0.971. The van der Waals surface area contributed by atoms with E-state index in [9.17, 15) is 4.79 Å². The van der Waals surface area contributed by atoms with E-state index >= 15 is 0 Å². The van der Waals surface area contributed by atoms with Gasteiger partial charge >= 0.3 is 6.09 Å². The molecule has 0 aliphatic carbocycles. The third-order valence-electron chi connectivity index (χ3n) is 8.55. The molecular formula is C34H39N7O4S. The molecule has 3 aliphatic heterocycles. The summed E-state index contributed by atoms with van der Waals surface area (Å²) in [4.78, 5) is 25.3. The number of amides is 1. The first-order valence-electron chi connectivity index (χ1n) is 16.0. The van der Waals surface area contributed by atoms with Crippen molar-refractivity contribution in [1.82, 2.24) is 19.5 Å². The van der Waals surface area contributed by atoms with Gasteiger partial charge in [0.05, 0.1) is 27.3 Å². The molecule has 1 aromatic carbocycles. The van der Waals surface area contributed by atoms with Crippen molar-refractivity contribution in [3.63, 3.8) is 0 Å². The number of thiazole rings is 1. The summed E-state index contributed by atoms with van der Waals surface area (Å²) in [7, 11) is 0. The number of piperidine rings is 1. The summed E-state index contributed by atoms with van der Waals surface area (Å²) in [6.45, 7) is 9.52. The van der Waals surface area contributed by atoms with Crippen molar-refractivity contribution in [2.45, 2.75) is 83.3 Å². The minimum Gasteiger partial charge on any atom is -0.490 e. The molecule has 2 fully saturated rings. The van der Waals surface area contributed by atoms with Crippen molar-refractivity contribution >= 4 is 29.3 Å². The number of aryl methyl sites for hydroxylation is 1. The van der Waals surface area contributed by atoms with Crippen molar-refractivity contribution in [3.8, 4) is 27.6 Å². The van der Waals surface area contributed by atoms with Crippen LogP contribution in [0, 0.1) is 6.92 Å². The van der Waals surface area contributed by atoms with Gasteiger partial charge in [-0.1, -0.05) is 30.3 Å². The fourth-order valence-corrected chi connectivity index (χ4v) is 7.65. The number of fused-ring (bicyclic) bond motifs is 1. The Hall–Kier alpha value is -4.16. The van der Waals surface area contributed by atoms with Crippen LogP contribution in [0.4, 0.5) is 4.79 Å². The Kier molecular flexibility index (Phi) is 8.10. The third-order valence-corrected chi connectivity index (χ3v) is 9.73. The Morgan fingerprint density at radius 3 is 2.59 bits per heavy atom. The van der Waals surface area contributed by atoms with Gasteiger partial charge in [0.2, 0.25) is 5.66 Å². The van der Waals surface area contributed by atoms with Gasteiger partial charge in [-0.25, -0.2) is 19.3 Å². The molecule has 7 rings (SSSR count). The highest BCUT2D eigenvalue weighted by molar-refractivity contribution is 7.15. The molecule has 3 aromatic heterocycles. The predicted molar refractivity (Wildman–Crippen MR) is 177 cm³/mol. The second-order valence-electron chi connectivity index (χ2n) is 13.0. The maximum Gasteiger partial charge on any atom is 0.410 e. The molecule has 3 aliphatic rings. The van der Waals surface area contributed by atoms with Gasteiger partial charge in [-0.15, -0.1) is 21.6 Å². The molecule has 12 heteroatoms. The Morgan fingerprint density at radius 2 is 1.89 bits per heavy atom. The smallest absolute Gasteiger partial charge is 0.410 e. The molecule has 0 saturated carbocycles. The van der Waals surface area contributed by atoms with Crippen molar-refractivity contribution < 1.29 is 19.0 Å². The van der Waals surface area contributed by atoms with E-state index in [1.807, 2.05) is 68.7 Å². The molecule has 0 bridgehead atoms. The van der Waals surface area contributed by atoms with Gasteiger partial charge < -0.3 is 19.1 Å². The highest BCUT2D eigenvalue weighted by Gasteiger charge is 2.48. The van der Waals surface area contributed by atoms with Gasteiger partial charge in [0.25, 0.3) is 0 Å². The van der Waals surface area contributed by atoms with Gasteiger partial charge in [-0.2, -0.15) is 5.10 Å². The second-order valence-corrected chi connectivity index (χ2v) is 14.0. The first-order valence-corrected chi connectivity index (χ1v) is 16.8. The molecule has 2 unspecified atom stereocenters. The highest BCUT2D eigenvalue weighted by Crippen LogP contribution is 2.49. The lowest BCUT2D eigenvalue weighted by atomic mass is 9.93. The standard InChI is InChI=1S/C34H39N7O4S/c1-22-28(26-20-25(15-18-41(26)38-22)44-24-13-16-40(17-14-24)32(42)45-33(2,3)4)31-37-29(23-10-6-5-7-11-23)30(46-31)34(35-21-36-39-34)27-12-8-9-19-43-27/h5-7,10-11,15,18,20-21,24,27H,8-9,12-14,16-17,19H2,1-4H3. The normalized spacial score (nSPS) is 22.1. The summed E-state index contributed by atoms with van der Waals surface area (Å²) < 4.78 is 20.2. The number of aromatic nitrogens is 3. The average Bonchev–Trinajstić information content (AvgIpc) is 3.79. The van der Waals surface area contributed by atoms with E-state index in [1.165, 1.54) is 6.34 Å². The Bertz CT molecular complexity index is 1770. The third kappa shape index (κ3) is 5.91. The van der Waals surface area contributed by atoms with E-state index in [4.69, 9.17) is 34.4 Å². The summed E-state index contributed by atoms with van der Waals surface area (Å²) in [6, 6.07) is 14.1. The molecule has 2 saturated heterocycles. The molecule has 46 heavy (non-hydrogen) atoms. The first-order chi connectivity index (χ1) is 22.2. The SMILES string of the molecule is Cc1nn2ccc(OC3CCN(C(=O)OC(C)(C)C)CC3)cc2c1-c1nc(-c2ccccc2)c(C2(C3CCCCO3)N=CN=N2)s1. The maximum absolute atomic E-state index is 12.5. The first kappa shape index (κ1) is 30.5. The van der Waals surface area contributed by atoms with Gasteiger partial charge in [-0.3, -0.25) is 0 Å². The van der Waals surface area contributed by atoms with Crippen LogP contribution >= 0.6 is 11.3 Å². The van der Waals surface area contributed by atoms with Crippen LogP contribution in [0.3, 0.4) is 0 Å². The number of nitrogens with zero attached hydrogens (tertiary/aromatic N) is 7. The fourth-order valence-electron chi connectivity index (χ4n) is 6.33. The molecule has 1 amide bonds. The molecule has 11 nitrogen and oxygen atoms in total. The van der Waals surface area contributed by atoms with Crippen LogP contribution in [0.5, 0.6) is 5.75 Å². The molecular weight excluding hydrogens is 602 g/mol. The number of likely N-dealkylation sites (tertiary alicyclic amines) is 1. The Labute approximate surface area is 272 Å². The number of benzene rings is 1. The lowest BCUT2D eigenvalue weighted by Crippen LogP contribution is -2.44. The lowest BCUT2D eigenvalue weighted by molar-refractivity contribution is -0.0305. The second kappa shape index (κ2) is 12.2. The quantitative estimate of drug-likeness (QED) is 0.216. The van der Waals surface area contributed by atoms with Gasteiger partial charge in [0.1, 0.15) is 34.9 Å². The Morgan fingerprint density at radius 1 is 1.09 bits per heavy atom. The number of carbonyl (C=O) groups excluding carboxylic acids is 1. The van der Waals surface area contributed by atoms with Gasteiger partial charge in [-0.05, 0) is 53.0 Å². The number of hydrogen-bond acceptors (Lipinski definition) is 10. The van der Waals surface area contributed by atoms with Crippen LogP contribution in [0.15, 0.2) is 63.9 Å². The monoisotopic (exact) mass is 641 g/mol. The van der Waals surface area contributed by atoms with E-state index in [1.54, 1.807) is 16.2 Å². The number of carbonyl (C=O) groups is 1. The van der Waals surface area contributed by atoms with Gasteiger partial charge in [0.15, 0.2) is 0 Å². The van der Waals surface area contributed by atoms with E-state index in [2.05, 4.69) is 17.2 Å². The highest BCUT2D eigenvalue weighted by atomic mass is 32.1. The summed E-state index contributed by atoms with van der Waals surface area (Å²) in [5, 5.41) is 14.6. The summed E-state index contributed by atoms with van der Waals surface area (Å²) in [6.07, 6.45) is 7.36. The topological polar surface area (TPSA) is 115 Å². The van der Waals surface area contributed by atoms with Crippen LogP contribution in [0.25, 0.3) is 27.3 Å². The van der Waals surface area contributed by atoms with Gasteiger partial charge in [0, 0.05) is 50.4 Å². The molecule has 4 aromatic rings. The number of pyridine rings is 1. The number of ether oxygens (including phenoxy) is 3. The molecule has 6 heterocycles. The number of rotatable bonds is 6. The molecule has 0 N–H and O–H groups in total. The van der Waals surface area contributed by atoms with Crippen LogP contribution in [-0.4, -0.2) is 69.4 Å². The summed E-state index contributed by atoms with van der Waals surface area (Å²) in [5.41, 5.74) is 3.04. The molecule has 240 valence electrons. The largest absolute Gasteiger partial charge is 0.490 e.